The van der Waals surface area contributed by atoms with Gasteiger partial charge in [-0.05, 0) is 42.8 Å². The molecule has 0 fully saturated rings. The number of nitrogens with zero attached hydrogens (tertiary/aromatic N) is 3. The summed E-state index contributed by atoms with van der Waals surface area (Å²) in [5, 5.41) is 4.98. The first-order chi connectivity index (χ1) is 22.8. The Hall–Kier alpha value is -5.47. The van der Waals surface area contributed by atoms with Crippen LogP contribution < -0.4 is 20.9 Å². The first kappa shape index (κ1) is 33.9. The molecule has 0 saturated heterocycles. The summed E-state index contributed by atoms with van der Waals surface area (Å²) in [6, 6.07) is 8.02. The van der Waals surface area contributed by atoms with E-state index in [1.807, 2.05) is 17.4 Å². The van der Waals surface area contributed by atoms with Crippen molar-refractivity contribution in [3.8, 4) is 16.9 Å². The molecule has 0 aliphatic carbocycles. The second kappa shape index (κ2) is 13.3. The quantitative estimate of drug-likeness (QED) is 0.151. The van der Waals surface area contributed by atoms with E-state index in [0.29, 0.717) is 45.7 Å². The Bertz CT molecular complexity index is 2070. The number of aromatic nitrogens is 3. The third kappa shape index (κ3) is 6.27. The lowest BCUT2D eigenvalue weighted by atomic mass is 10.0. The van der Waals surface area contributed by atoms with E-state index in [1.165, 1.54) is 24.8 Å². The minimum absolute atomic E-state index is 0.239. The van der Waals surface area contributed by atoms with Crippen molar-refractivity contribution in [2.24, 2.45) is 7.05 Å². The van der Waals surface area contributed by atoms with E-state index in [4.69, 9.17) is 9.47 Å². The van der Waals surface area contributed by atoms with Crippen molar-refractivity contribution in [2.45, 2.75) is 38.0 Å². The monoisotopic (exact) mass is 671 g/mol. The van der Waals surface area contributed by atoms with Gasteiger partial charge in [-0.15, -0.1) is 0 Å². The molecular weight excluding hydrogens is 641 g/mol. The van der Waals surface area contributed by atoms with Crippen LogP contribution in [-0.4, -0.2) is 58.3 Å². The van der Waals surface area contributed by atoms with E-state index < -0.39 is 59.4 Å². The Morgan fingerprint density at radius 1 is 1.04 bits per heavy atom. The predicted octanol–water partition coefficient (Wildman–Crippen LogP) is 5.41. The van der Waals surface area contributed by atoms with Crippen LogP contribution in [0.5, 0.6) is 5.75 Å². The van der Waals surface area contributed by atoms with Gasteiger partial charge in [-0.3, -0.25) is 9.59 Å². The largest absolute Gasteiger partial charge is 0.495 e. The first-order valence-electron chi connectivity index (χ1n) is 14.6. The van der Waals surface area contributed by atoms with Gasteiger partial charge < -0.3 is 29.1 Å². The van der Waals surface area contributed by atoms with Gasteiger partial charge in [-0.25, -0.2) is 18.6 Å². The van der Waals surface area contributed by atoms with Crippen molar-refractivity contribution in [3.63, 3.8) is 0 Å². The van der Waals surface area contributed by atoms with Crippen LogP contribution in [-0.2, 0) is 23.0 Å². The number of alkyl halides is 3. The summed E-state index contributed by atoms with van der Waals surface area (Å²) in [5.41, 5.74) is 0.0580. The minimum atomic E-state index is -4.68. The molecule has 3 heterocycles. The van der Waals surface area contributed by atoms with Crippen molar-refractivity contribution >= 4 is 34.1 Å². The average molecular weight is 672 g/mol. The van der Waals surface area contributed by atoms with Crippen molar-refractivity contribution in [3.05, 3.63) is 94.2 Å². The number of hydrogen-bond acceptors (Lipinski definition) is 7. The molecule has 5 rings (SSSR count). The fraction of sp³-hybridized carbons (Fsp3) is 0.273. The number of hydrogen-bond donors (Lipinski definition) is 2. The molecule has 252 valence electrons. The summed E-state index contributed by atoms with van der Waals surface area (Å²) in [7, 11) is 4.14. The van der Waals surface area contributed by atoms with Gasteiger partial charge in [0.2, 0.25) is 0 Å². The number of aryl methyl sites for hydroxylation is 1. The number of pyridine rings is 2. The number of nitrogens with one attached hydrogen (secondary N) is 2. The molecule has 0 bridgehead atoms. The number of rotatable bonds is 10. The zero-order valence-electron chi connectivity index (χ0n) is 26.1. The third-order valence-electron chi connectivity index (χ3n) is 7.98. The zero-order chi connectivity index (χ0) is 34.9. The Morgan fingerprint density at radius 2 is 1.73 bits per heavy atom. The van der Waals surface area contributed by atoms with E-state index in [2.05, 4.69) is 10.3 Å². The van der Waals surface area contributed by atoms with Gasteiger partial charge in [-0.1, -0.05) is 19.1 Å². The summed E-state index contributed by atoms with van der Waals surface area (Å²) in [6.45, 7) is 1.25. The van der Waals surface area contributed by atoms with Crippen LogP contribution in [0.3, 0.4) is 0 Å². The highest BCUT2D eigenvalue weighted by atomic mass is 19.4. The first-order valence-corrected chi connectivity index (χ1v) is 14.6. The normalized spacial score (nSPS) is 12.9. The summed E-state index contributed by atoms with van der Waals surface area (Å²) in [5.74, 6) is -4.83. The van der Waals surface area contributed by atoms with Gasteiger partial charge >= 0.3 is 12.1 Å². The van der Waals surface area contributed by atoms with Crippen LogP contribution in [0.4, 0.5) is 27.6 Å². The molecule has 0 unspecified atom stereocenters. The SMILES string of the molecule is CC[C@@H](Nc1cc(F)c(C(=O)N[C@@H](Cc2ccc(-c3c(OC)c4ccccc4n(C)c3=O)c3nccn23)C(=O)OC)c(F)c1)C(F)(F)F. The molecule has 0 aliphatic heterocycles. The minimum Gasteiger partial charge on any atom is -0.495 e. The van der Waals surface area contributed by atoms with Crippen LogP contribution in [0.1, 0.15) is 29.4 Å². The van der Waals surface area contributed by atoms with Crippen LogP contribution in [0, 0.1) is 11.6 Å². The maximum Gasteiger partial charge on any atom is 0.408 e. The molecule has 2 aromatic carbocycles. The van der Waals surface area contributed by atoms with E-state index in [9.17, 15) is 36.3 Å². The molecule has 0 spiro atoms. The maximum absolute atomic E-state index is 15.0. The number of fused-ring (bicyclic) bond motifs is 2. The number of esters is 1. The van der Waals surface area contributed by atoms with Crippen molar-refractivity contribution in [1.82, 2.24) is 19.3 Å². The van der Waals surface area contributed by atoms with Crippen LogP contribution in [0.15, 0.2) is 65.7 Å². The van der Waals surface area contributed by atoms with Gasteiger partial charge in [0.15, 0.2) is 0 Å². The smallest absolute Gasteiger partial charge is 0.408 e. The zero-order valence-corrected chi connectivity index (χ0v) is 26.1. The highest BCUT2D eigenvalue weighted by Crippen LogP contribution is 2.36. The number of carbonyl (C=O) groups excluding carboxylic acids is 2. The fourth-order valence-corrected chi connectivity index (χ4v) is 5.61. The van der Waals surface area contributed by atoms with E-state index in [1.54, 1.807) is 41.9 Å². The molecule has 0 saturated carbocycles. The summed E-state index contributed by atoms with van der Waals surface area (Å²) >= 11 is 0. The van der Waals surface area contributed by atoms with Crippen LogP contribution in [0.2, 0.25) is 0 Å². The van der Waals surface area contributed by atoms with Gasteiger partial charge in [-0.2, -0.15) is 13.2 Å². The van der Waals surface area contributed by atoms with Crippen LogP contribution in [0.25, 0.3) is 27.7 Å². The van der Waals surface area contributed by atoms with Gasteiger partial charge in [0.05, 0.1) is 25.3 Å². The number of imidazole rings is 1. The number of anilines is 1. The third-order valence-corrected chi connectivity index (χ3v) is 7.98. The highest BCUT2D eigenvalue weighted by Gasteiger charge is 2.38. The number of carbonyl (C=O) groups is 2. The van der Waals surface area contributed by atoms with Crippen molar-refractivity contribution < 1.29 is 41.0 Å². The number of methoxy groups -OCH3 is 2. The molecule has 2 atom stereocenters. The second-order valence-electron chi connectivity index (χ2n) is 10.9. The Kier molecular flexibility index (Phi) is 9.41. The fourth-order valence-electron chi connectivity index (χ4n) is 5.61. The van der Waals surface area contributed by atoms with Crippen molar-refractivity contribution in [2.75, 3.05) is 19.5 Å². The summed E-state index contributed by atoms with van der Waals surface area (Å²) in [4.78, 5) is 43.9. The lowest BCUT2D eigenvalue weighted by molar-refractivity contribution is -0.143. The number of ether oxygens (including phenoxy) is 2. The maximum atomic E-state index is 15.0. The molecular formula is C33H30F5N5O5. The lowest BCUT2D eigenvalue weighted by Gasteiger charge is -2.22. The molecule has 0 aliphatic rings. The summed E-state index contributed by atoms with van der Waals surface area (Å²) < 4.78 is 83.1. The Balaban J connectivity index is 1.48. The molecule has 3 aromatic heterocycles. The van der Waals surface area contributed by atoms with E-state index >= 15 is 0 Å². The number of amides is 1. The predicted molar refractivity (Wildman–Crippen MR) is 167 cm³/mol. The molecule has 48 heavy (non-hydrogen) atoms. The van der Waals surface area contributed by atoms with E-state index in [0.717, 1.165) is 7.11 Å². The topological polar surface area (TPSA) is 116 Å². The average Bonchev–Trinajstić information content (AvgIpc) is 3.55. The standard InChI is InChI=1S/C33H30F5N5O5/c1-5-25(33(36,37)38)40-17-14-21(34)27(22(35)15-17)30(44)41-23(32(46)48-4)16-18-10-11-20(29-39-12-13-43(18)29)26-28(47-3)19-8-6-7-9-24(19)42(2)31(26)45/h6-15,23,25,40H,5,16H2,1-4H3,(H,41,44)/t23-,25+/m0/s1. The highest BCUT2D eigenvalue weighted by molar-refractivity contribution is 5.98. The molecule has 10 nitrogen and oxygen atoms in total. The molecule has 2 N–H and O–H groups in total. The number of benzene rings is 2. The van der Waals surface area contributed by atoms with Gasteiger partial charge in [0, 0.05) is 48.2 Å². The van der Waals surface area contributed by atoms with Gasteiger partial charge in [0.1, 0.15) is 40.7 Å². The summed E-state index contributed by atoms with van der Waals surface area (Å²) in [6.07, 6.45) is -2.30. The number of para-hydroxylation sites is 1. The molecule has 0 radical (unpaired) electrons. The van der Waals surface area contributed by atoms with E-state index in [-0.39, 0.29) is 17.5 Å². The molecule has 1 amide bonds. The lowest BCUT2D eigenvalue weighted by Crippen LogP contribution is -2.44. The number of halogens is 5. The Morgan fingerprint density at radius 3 is 2.35 bits per heavy atom. The Labute approximate surface area is 270 Å². The van der Waals surface area contributed by atoms with Crippen LogP contribution >= 0.6 is 0 Å². The molecule has 5 aromatic rings. The van der Waals surface area contributed by atoms with Gasteiger partial charge in [0.25, 0.3) is 11.5 Å². The molecule has 15 heteroatoms. The second-order valence-corrected chi connectivity index (χ2v) is 10.9. The van der Waals surface area contributed by atoms with Crippen molar-refractivity contribution in [1.29, 1.82) is 0 Å².